The summed E-state index contributed by atoms with van der Waals surface area (Å²) >= 11 is 0. The zero-order valence-electron chi connectivity index (χ0n) is 10.9. The Morgan fingerprint density at radius 1 is 1.40 bits per heavy atom. The molecule has 2 atom stereocenters. The van der Waals surface area contributed by atoms with Gasteiger partial charge in [-0.25, -0.2) is 4.79 Å². The Kier molecular flexibility index (Phi) is 5.69. The van der Waals surface area contributed by atoms with Gasteiger partial charge in [0.05, 0.1) is 7.11 Å². The molecule has 0 fully saturated rings. The molecule has 15 heavy (non-hydrogen) atoms. The molecule has 0 rings (SSSR count). The maximum absolute atomic E-state index is 11.2. The fraction of sp³-hybridized carbons (Fsp3) is 0.917. The summed E-state index contributed by atoms with van der Waals surface area (Å²) in [5.74, 6) is 1.13. The van der Waals surface area contributed by atoms with Gasteiger partial charge < -0.3 is 10.1 Å². The van der Waals surface area contributed by atoms with Crippen LogP contribution in [0.25, 0.3) is 0 Å². The van der Waals surface area contributed by atoms with E-state index in [2.05, 4.69) is 30.8 Å². The van der Waals surface area contributed by atoms with E-state index in [1.165, 1.54) is 13.5 Å². The van der Waals surface area contributed by atoms with Gasteiger partial charge in [0.25, 0.3) is 0 Å². The van der Waals surface area contributed by atoms with E-state index >= 15 is 0 Å². The lowest BCUT2D eigenvalue weighted by Crippen LogP contribution is -2.48. The molecule has 0 aromatic carbocycles. The molecule has 0 aromatic rings. The fourth-order valence-corrected chi connectivity index (χ4v) is 1.50. The normalized spacial score (nSPS) is 15.6. The van der Waals surface area contributed by atoms with Gasteiger partial charge in [0.1, 0.15) is 0 Å². The van der Waals surface area contributed by atoms with E-state index in [0.717, 1.165) is 6.42 Å². The standard InChI is InChI=1S/C12H25NO2/c1-7-9(2)8-10(3)12(4,5)13-11(14)15-6/h9-10H,7-8H2,1-6H3,(H,13,14). The SMILES string of the molecule is CCC(C)CC(C)C(C)(C)NC(=O)OC. The van der Waals surface area contributed by atoms with Crippen molar-refractivity contribution in [3.63, 3.8) is 0 Å². The Bertz CT molecular complexity index is 202. The van der Waals surface area contributed by atoms with Gasteiger partial charge in [-0.15, -0.1) is 0 Å². The molecule has 0 heterocycles. The van der Waals surface area contributed by atoms with E-state index in [9.17, 15) is 4.79 Å². The molecule has 0 radical (unpaired) electrons. The summed E-state index contributed by atoms with van der Waals surface area (Å²) in [6, 6.07) is 0. The summed E-state index contributed by atoms with van der Waals surface area (Å²) in [7, 11) is 1.39. The summed E-state index contributed by atoms with van der Waals surface area (Å²) in [6.45, 7) is 10.7. The molecule has 0 aliphatic heterocycles. The van der Waals surface area contributed by atoms with Crippen molar-refractivity contribution < 1.29 is 9.53 Å². The van der Waals surface area contributed by atoms with Crippen LogP contribution in [-0.2, 0) is 4.74 Å². The second kappa shape index (κ2) is 5.99. The fourth-order valence-electron chi connectivity index (χ4n) is 1.50. The van der Waals surface area contributed by atoms with Crippen molar-refractivity contribution in [1.82, 2.24) is 5.32 Å². The smallest absolute Gasteiger partial charge is 0.407 e. The molecule has 3 heteroatoms. The number of hydrogen-bond donors (Lipinski definition) is 1. The molecule has 0 saturated carbocycles. The molecule has 0 spiro atoms. The van der Waals surface area contributed by atoms with Crippen LogP contribution < -0.4 is 5.32 Å². The molecular weight excluding hydrogens is 190 g/mol. The number of nitrogens with one attached hydrogen (secondary N) is 1. The van der Waals surface area contributed by atoms with Crippen LogP contribution in [0.3, 0.4) is 0 Å². The molecule has 0 aromatic heterocycles. The molecule has 0 aliphatic carbocycles. The van der Waals surface area contributed by atoms with Gasteiger partial charge in [0.15, 0.2) is 0 Å². The lowest BCUT2D eigenvalue weighted by atomic mass is 9.82. The second-order valence-corrected chi connectivity index (χ2v) is 4.99. The average molecular weight is 215 g/mol. The third-order valence-corrected chi connectivity index (χ3v) is 3.29. The molecule has 90 valence electrons. The quantitative estimate of drug-likeness (QED) is 0.765. The van der Waals surface area contributed by atoms with Gasteiger partial charge in [0, 0.05) is 5.54 Å². The van der Waals surface area contributed by atoms with E-state index in [0.29, 0.717) is 11.8 Å². The Morgan fingerprint density at radius 3 is 2.33 bits per heavy atom. The Balaban J connectivity index is 4.24. The van der Waals surface area contributed by atoms with Crippen molar-refractivity contribution in [1.29, 1.82) is 0 Å². The largest absolute Gasteiger partial charge is 0.453 e. The highest BCUT2D eigenvalue weighted by Crippen LogP contribution is 2.25. The summed E-state index contributed by atoms with van der Waals surface area (Å²) in [5, 5.41) is 2.87. The first-order valence-electron chi connectivity index (χ1n) is 5.69. The number of ether oxygens (including phenoxy) is 1. The second-order valence-electron chi connectivity index (χ2n) is 4.99. The molecule has 2 unspecified atom stereocenters. The van der Waals surface area contributed by atoms with Crippen LogP contribution in [0, 0.1) is 11.8 Å². The Labute approximate surface area is 93.6 Å². The van der Waals surface area contributed by atoms with Crippen LogP contribution in [0.5, 0.6) is 0 Å². The third kappa shape index (κ3) is 5.05. The van der Waals surface area contributed by atoms with Crippen LogP contribution in [0.1, 0.15) is 47.5 Å². The summed E-state index contributed by atoms with van der Waals surface area (Å²) in [4.78, 5) is 11.2. The monoisotopic (exact) mass is 215 g/mol. The lowest BCUT2D eigenvalue weighted by molar-refractivity contribution is 0.145. The van der Waals surface area contributed by atoms with Gasteiger partial charge >= 0.3 is 6.09 Å². The Hall–Kier alpha value is -0.730. The van der Waals surface area contributed by atoms with Crippen molar-refractivity contribution in [2.45, 2.75) is 53.0 Å². The molecule has 1 N–H and O–H groups in total. The molecule has 0 bridgehead atoms. The first-order valence-corrected chi connectivity index (χ1v) is 5.69. The van der Waals surface area contributed by atoms with E-state index in [1.807, 2.05) is 13.8 Å². The topological polar surface area (TPSA) is 38.3 Å². The first-order chi connectivity index (χ1) is 6.83. The molecule has 0 saturated heterocycles. The van der Waals surface area contributed by atoms with Crippen LogP contribution in [0.15, 0.2) is 0 Å². The van der Waals surface area contributed by atoms with Gasteiger partial charge in [-0.1, -0.05) is 27.2 Å². The number of rotatable bonds is 5. The molecule has 0 aliphatic rings. The van der Waals surface area contributed by atoms with E-state index in [1.54, 1.807) is 0 Å². The van der Waals surface area contributed by atoms with Crippen molar-refractivity contribution in [3.05, 3.63) is 0 Å². The summed E-state index contributed by atoms with van der Waals surface area (Å²) in [6.07, 6.45) is 1.95. The Morgan fingerprint density at radius 2 is 1.93 bits per heavy atom. The van der Waals surface area contributed by atoms with Gasteiger partial charge in [-0.2, -0.15) is 0 Å². The van der Waals surface area contributed by atoms with E-state index < -0.39 is 0 Å². The minimum absolute atomic E-state index is 0.212. The van der Waals surface area contributed by atoms with Gasteiger partial charge in [-0.3, -0.25) is 0 Å². The van der Waals surface area contributed by atoms with Gasteiger partial charge in [0.2, 0.25) is 0 Å². The molecule has 1 amide bonds. The van der Waals surface area contributed by atoms with Crippen LogP contribution in [-0.4, -0.2) is 18.7 Å². The number of amides is 1. The minimum atomic E-state index is -0.351. The molecule has 3 nitrogen and oxygen atoms in total. The molecular formula is C12H25NO2. The third-order valence-electron chi connectivity index (χ3n) is 3.29. The minimum Gasteiger partial charge on any atom is -0.453 e. The maximum atomic E-state index is 11.2. The highest BCUT2D eigenvalue weighted by atomic mass is 16.5. The number of methoxy groups -OCH3 is 1. The maximum Gasteiger partial charge on any atom is 0.407 e. The van der Waals surface area contributed by atoms with Crippen LogP contribution in [0.4, 0.5) is 4.79 Å². The first kappa shape index (κ1) is 14.3. The predicted octanol–water partition coefficient (Wildman–Crippen LogP) is 3.19. The van der Waals surface area contributed by atoms with Crippen molar-refractivity contribution in [3.8, 4) is 0 Å². The lowest BCUT2D eigenvalue weighted by Gasteiger charge is -2.33. The summed E-state index contributed by atoms with van der Waals surface area (Å²) in [5.41, 5.74) is -0.212. The zero-order chi connectivity index (χ0) is 12.1. The number of carbonyl (C=O) groups is 1. The van der Waals surface area contributed by atoms with Gasteiger partial charge in [-0.05, 0) is 32.1 Å². The van der Waals surface area contributed by atoms with Crippen molar-refractivity contribution in [2.24, 2.45) is 11.8 Å². The predicted molar refractivity (Wildman–Crippen MR) is 62.9 cm³/mol. The van der Waals surface area contributed by atoms with E-state index in [-0.39, 0.29) is 11.6 Å². The number of carbonyl (C=O) groups excluding carboxylic acids is 1. The summed E-state index contributed by atoms with van der Waals surface area (Å²) < 4.78 is 4.62. The van der Waals surface area contributed by atoms with Crippen LogP contribution >= 0.6 is 0 Å². The highest BCUT2D eigenvalue weighted by Gasteiger charge is 2.28. The number of alkyl carbamates (subject to hydrolysis) is 1. The highest BCUT2D eigenvalue weighted by molar-refractivity contribution is 5.67. The van der Waals surface area contributed by atoms with Crippen LogP contribution in [0.2, 0.25) is 0 Å². The van der Waals surface area contributed by atoms with E-state index in [4.69, 9.17) is 0 Å². The zero-order valence-corrected chi connectivity index (χ0v) is 10.9. The average Bonchev–Trinajstić information content (AvgIpc) is 2.16. The number of hydrogen-bond acceptors (Lipinski definition) is 2. The van der Waals surface area contributed by atoms with Crippen molar-refractivity contribution in [2.75, 3.05) is 7.11 Å². The van der Waals surface area contributed by atoms with Crippen molar-refractivity contribution >= 4 is 6.09 Å².